The molecule has 2 N–H and O–H groups in total. The Kier molecular flexibility index (Phi) is 4.38. The second-order valence-electron chi connectivity index (χ2n) is 5.94. The van der Waals surface area contributed by atoms with Gasteiger partial charge < -0.3 is 10.4 Å². The molecule has 2 fully saturated rings. The van der Waals surface area contributed by atoms with E-state index in [2.05, 4.69) is 21.7 Å². The number of aliphatic hydroxyl groups is 1. The summed E-state index contributed by atoms with van der Waals surface area (Å²) in [6.45, 7) is 3.04. The van der Waals surface area contributed by atoms with E-state index in [9.17, 15) is 9.90 Å². The number of rotatable bonds is 5. The van der Waals surface area contributed by atoms with Crippen LogP contribution in [0, 0.1) is 11.8 Å². The van der Waals surface area contributed by atoms with E-state index in [4.69, 9.17) is 0 Å². The zero-order chi connectivity index (χ0) is 13.9. The second kappa shape index (κ2) is 6.24. The lowest BCUT2D eigenvalue weighted by Crippen LogP contribution is -2.37. The van der Waals surface area contributed by atoms with Crippen molar-refractivity contribution in [3.05, 3.63) is 22.4 Å². The van der Waals surface area contributed by atoms with Crippen LogP contribution in [0.5, 0.6) is 0 Å². The molecule has 1 aliphatic heterocycles. The highest BCUT2D eigenvalue weighted by molar-refractivity contribution is 7.09. The highest BCUT2D eigenvalue weighted by Gasteiger charge is 2.41. The van der Waals surface area contributed by atoms with E-state index >= 15 is 0 Å². The molecular weight excluding hydrogens is 272 g/mol. The third-order valence-corrected chi connectivity index (χ3v) is 5.47. The van der Waals surface area contributed by atoms with E-state index in [0.29, 0.717) is 24.9 Å². The van der Waals surface area contributed by atoms with E-state index in [1.54, 1.807) is 11.3 Å². The maximum absolute atomic E-state index is 11.9. The Labute approximate surface area is 123 Å². The van der Waals surface area contributed by atoms with Gasteiger partial charge in [-0.2, -0.15) is 0 Å². The number of carbonyl (C=O) groups is 1. The average molecular weight is 294 g/mol. The van der Waals surface area contributed by atoms with E-state index in [0.717, 1.165) is 32.4 Å². The van der Waals surface area contributed by atoms with Crippen molar-refractivity contribution in [3.63, 3.8) is 0 Å². The fraction of sp³-hybridized carbons (Fsp3) is 0.667. The zero-order valence-electron chi connectivity index (χ0n) is 11.6. The van der Waals surface area contributed by atoms with Gasteiger partial charge in [-0.25, -0.2) is 0 Å². The van der Waals surface area contributed by atoms with Crippen molar-refractivity contribution in [2.24, 2.45) is 11.8 Å². The van der Waals surface area contributed by atoms with E-state index in [1.807, 2.05) is 6.07 Å². The summed E-state index contributed by atoms with van der Waals surface area (Å²) in [4.78, 5) is 15.4. The van der Waals surface area contributed by atoms with Crippen molar-refractivity contribution in [2.75, 3.05) is 26.2 Å². The van der Waals surface area contributed by atoms with Gasteiger partial charge in [0, 0.05) is 30.4 Å². The molecule has 3 rings (SSSR count). The van der Waals surface area contributed by atoms with Gasteiger partial charge in [-0.15, -0.1) is 11.3 Å². The van der Waals surface area contributed by atoms with E-state index in [-0.39, 0.29) is 12.0 Å². The third kappa shape index (κ3) is 3.22. The minimum absolute atomic E-state index is 0.107. The van der Waals surface area contributed by atoms with Crippen LogP contribution in [0.4, 0.5) is 0 Å². The van der Waals surface area contributed by atoms with Crippen LogP contribution in [0.25, 0.3) is 0 Å². The molecular formula is C15H22N2O2S. The summed E-state index contributed by atoms with van der Waals surface area (Å²) in [7, 11) is 0. The fourth-order valence-corrected chi connectivity index (χ4v) is 4.21. The predicted octanol–water partition coefficient (Wildman–Crippen LogP) is 1.11. The average Bonchev–Trinajstić information content (AvgIpc) is 3.10. The van der Waals surface area contributed by atoms with E-state index in [1.165, 1.54) is 4.88 Å². The van der Waals surface area contributed by atoms with Gasteiger partial charge in [0.05, 0.1) is 12.6 Å². The molecule has 3 unspecified atom stereocenters. The summed E-state index contributed by atoms with van der Waals surface area (Å²) in [6.07, 6.45) is 2.82. The van der Waals surface area contributed by atoms with Crippen LogP contribution in [0.1, 0.15) is 17.7 Å². The summed E-state index contributed by atoms with van der Waals surface area (Å²) >= 11 is 1.73. The summed E-state index contributed by atoms with van der Waals surface area (Å²) in [6, 6.07) is 4.13. The lowest BCUT2D eigenvalue weighted by atomic mass is 10.00. The van der Waals surface area contributed by atoms with Crippen LogP contribution >= 0.6 is 11.3 Å². The second-order valence-corrected chi connectivity index (χ2v) is 6.97. The Morgan fingerprint density at radius 1 is 1.45 bits per heavy atom. The van der Waals surface area contributed by atoms with Crippen LogP contribution < -0.4 is 5.32 Å². The SMILES string of the molecule is O=C(CN1CC2CCC(O)C2C1)NCCc1cccs1. The highest BCUT2D eigenvalue weighted by atomic mass is 32.1. The molecule has 1 aromatic heterocycles. The Morgan fingerprint density at radius 3 is 3.10 bits per heavy atom. The van der Waals surface area contributed by atoms with Gasteiger partial charge in [-0.1, -0.05) is 6.07 Å². The highest BCUT2D eigenvalue weighted by Crippen LogP contribution is 2.37. The van der Waals surface area contributed by atoms with Crippen molar-refractivity contribution in [1.29, 1.82) is 0 Å². The van der Waals surface area contributed by atoms with Crippen molar-refractivity contribution in [3.8, 4) is 0 Å². The zero-order valence-corrected chi connectivity index (χ0v) is 12.4. The number of hydrogen-bond acceptors (Lipinski definition) is 4. The Hall–Kier alpha value is -0.910. The first-order valence-electron chi connectivity index (χ1n) is 7.42. The van der Waals surface area contributed by atoms with Crippen molar-refractivity contribution < 1.29 is 9.90 Å². The van der Waals surface area contributed by atoms with Gasteiger partial charge in [-0.3, -0.25) is 9.69 Å². The van der Waals surface area contributed by atoms with Crippen LogP contribution in [0.2, 0.25) is 0 Å². The molecule has 0 radical (unpaired) electrons. The maximum Gasteiger partial charge on any atom is 0.234 e. The first kappa shape index (κ1) is 14.0. The number of amides is 1. The quantitative estimate of drug-likeness (QED) is 0.855. The molecule has 2 heterocycles. The Balaban J connectivity index is 1.37. The maximum atomic E-state index is 11.9. The minimum atomic E-state index is -0.146. The number of hydrogen-bond donors (Lipinski definition) is 2. The van der Waals surface area contributed by atoms with Gasteiger partial charge >= 0.3 is 0 Å². The molecule has 4 nitrogen and oxygen atoms in total. The first-order chi connectivity index (χ1) is 9.72. The Morgan fingerprint density at radius 2 is 2.35 bits per heavy atom. The summed E-state index contributed by atoms with van der Waals surface area (Å²) in [5.74, 6) is 1.11. The molecule has 1 aliphatic carbocycles. The monoisotopic (exact) mass is 294 g/mol. The van der Waals surface area contributed by atoms with Crippen molar-refractivity contribution >= 4 is 17.2 Å². The Bertz CT molecular complexity index is 449. The van der Waals surface area contributed by atoms with Crippen molar-refractivity contribution in [2.45, 2.75) is 25.4 Å². The van der Waals surface area contributed by atoms with Crippen molar-refractivity contribution in [1.82, 2.24) is 10.2 Å². The lowest BCUT2D eigenvalue weighted by molar-refractivity contribution is -0.122. The molecule has 2 aliphatic rings. The third-order valence-electron chi connectivity index (χ3n) is 4.54. The van der Waals surface area contributed by atoms with Crippen LogP contribution in [-0.2, 0) is 11.2 Å². The summed E-state index contributed by atoms with van der Waals surface area (Å²) in [5.41, 5.74) is 0. The fourth-order valence-electron chi connectivity index (χ4n) is 3.50. The van der Waals surface area contributed by atoms with Gasteiger partial charge in [0.25, 0.3) is 0 Å². The topological polar surface area (TPSA) is 52.6 Å². The number of carbonyl (C=O) groups excluding carboxylic acids is 1. The van der Waals surface area contributed by atoms with Gasteiger partial charge in [0.1, 0.15) is 0 Å². The number of likely N-dealkylation sites (tertiary alicyclic amines) is 1. The number of fused-ring (bicyclic) bond motifs is 1. The molecule has 1 amide bonds. The molecule has 5 heteroatoms. The minimum Gasteiger partial charge on any atom is -0.393 e. The molecule has 1 saturated heterocycles. The van der Waals surface area contributed by atoms with Gasteiger partial charge in [0.15, 0.2) is 0 Å². The molecule has 0 bridgehead atoms. The largest absolute Gasteiger partial charge is 0.393 e. The summed E-state index contributed by atoms with van der Waals surface area (Å²) < 4.78 is 0. The first-order valence-corrected chi connectivity index (χ1v) is 8.30. The standard InChI is InChI=1S/C15H22N2O2S/c18-14-4-3-11-8-17(9-13(11)14)10-15(19)16-6-5-12-2-1-7-20-12/h1-2,7,11,13-14,18H,3-6,8-10H2,(H,16,19). The molecule has 1 aromatic rings. The number of nitrogens with one attached hydrogen (secondary N) is 1. The smallest absolute Gasteiger partial charge is 0.234 e. The molecule has 3 atom stereocenters. The molecule has 0 aromatic carbocycles. The number of aliphatic hydroxyl groups excluding tert-OH is 1. The van der Waals surface area contributed by atoms with Gasteiger partial charge in [-0.05, 0) is 36.6 Å². The normalized spacial score (nSPS) is 29.6. The summed E-state index contributed by atoms with van der Waals surface area (Å²) in [5, 5.41) is 14.9. The molecule has 0 spiro atoms. The van der Waals surface area contributed by atoms with Crippen LogP contribution in [-0.4, -0.2) is 48.2 Å². The van der Waals surface area contributed by atoms with Crippen LogP contribution in [0.15, 0.2) is 17.5 Å². The molecule has 1 saturated carbocycles. The van der Waals surface area contributed by atoms with Gasteiger partial charge in [0.2, 0.25) is 5.91 Å². The lowest BCUT2D eigenvalue weighted by Gasteiger charge is -2.17. The molecule has 20 heavy (non-hydrogen) atoms. The van der Waals surface area contributed by atoms with Crippen LogP contribution in [0.3, 0.4) is 0 Å². The molecule has 110 valence electrons. The number of nitrogens with zero attached hydrogens (tertiary/aromatic N) is 1. The number of thiophene rings is 1. The van der Waals surface area contributed by atoms with E-state index < -0.39 is 0 Å². The predicted molar refractivity (Wildman–Crippen MR) is 79.7 cm³/mol.